The summed E-state index contributed by atoms with van der Waals surface area (Å²) in [6, 6.07) is 6.71. The summed E-state index contributed by atoms with van der Waals surface area (Å²) in [7, 11) is 0. The number of esters is 1. The lowest BCUT2D eigenvalue weighted by Crippen LogP contribution is -2.47. The standard InChI is InChI=1S/C18H21BrN2O4/c1-2-25-18(24)12-7-9-20(10-8-12)15-11-16(22)21(17(15)23)14-5-3-13(19)4-6-14/h3-6,12,15H,2,7-11H2,1H3/t15-/m0/s1. The van der Waals surface area contributed by atoms with Crippen molar-refractivity contribution in [2.75, 3.05) is 24.6 Å². The zero-order chi connectivity index (χ0) is 18.0. The maximum Gasteiger partial charge on any atom is 0.309 e. The summed E-state index contributed by atoms with van der Waals surface area (Å²) >= 11 is 3.35. The van der Waals surface area contributed by atoms with Gasteiger partial charge in [0.1, 0.15) is 0 Å². The van der Waals surface area contributed by atoms with Gasteiger partial charge in [0.05, 0.1) is 30.7 Å². The number of ether oxygens (including phenoxy) is 1. The van der Waals surface area contributed by atoms with Crippen molar-refractivity contribution < 1.29 is 19.1 Å². The van der Waals surface area contributed by atoms with Crippen molar-refractivity contribution in [2.45, 2.75) is 32.2 Å². The summed E-state index contributed by atoms with van der Waals surface area (Å²) in [5.74, 6) is -0.620. The Morgan fingerprint density at radius 2 is 1.84 bits per heavy atom. The predicted octanol–water partition coefficient (Wildman–Crippen LogP) is 2.36. The van der Waals surface area contributed by atoms with Crippen LogP contribution in [0.15, 0.2) is 28.7 Å². The van der Waals surface area contributed by atoms with Gasteiger partial charge in [0.25, 0.3) is 5.91 Å². The normalized spacial score (nSPS) is 22.5. The first-order valence-corrected chi connectivity index (χ1v) is 9.33. The quantitative estimate of drug-likeness (QED) is 0.564. The molecule has 1 atom stereocenters. The van der Waals surface area contributed by atoms with Crippen LogP contribution in [0.25, 0.3) is 0 Å². The van der Waals surface area contributed by atoms with Crippen molar-refractivity contribution in [3.05, 3.63) is 28.7 Å². The van der Waals surface area contributed by atoms with E-state index in [2.05, 4.69) is 15.9 Å². The first-order chi connectivity index (χ1) is 12.0. The topological polar surface area (TPSA) is 66.9 Å². The largest absolute Gasteiger partial charge is 0.466 e. The second-order valence-corrected chi connectivity index (χ2v) is 7.24. The summed E-state index contributed by atoms with van der Waals surface area (Å²) in [5, 5.41) is 0. The fraction of sp³-hybridized carbons (Fsp3) is 0.500. The Kier molecular flexibility index (Phi) is 5.54. The molecule has 2 heterocycles. The van der Waals surface area contributed by atoms with Gasteiger partial charge in [0.2, 0.25) is 5.91 Å². The molecule has 2 amide bonds. The van der Waals surface area contributed by atoms with Gasteiger partial charge >= 0.3 is 5.97 Å². The molecule has 25 heavy (non-hydrogen) atoms. The van der Waals surface area contributed by atoms with Gasteiger partial charge in [-0.15, -0.1) is 0 Å². The molecule has 2 saturated heterocycles. The van der Waals surface area contributed by atoms with Crippen LogP contribution >= 0.6 is 15.9 Å². The fourth-order valence-corrected chi connectivity index (χ4v) is 3.73. The van der Waals surface area contributed by atoms with Crippen molar-refractivity contribution in [3.63, 3.8) is 0 Å². The Balaban J connectivity index is 1.65. The molecular formula is C18H21BrN2O4. The molecular weight excluding hydrogens is 388 g/mol. The van der Waals surface area contributed by atoms with Crippen molar-refractivity contribution in [3.8, 4) is 0 Å². The van der Waals surface area contributed by atoms with Gasteiger partial charge in [-0.2, -0.15) is 0 Å². The summed E-state index contributed by atoms with van der Waals surface area (Å²) in [6.07, 6.45) is 1.52. The minimum absolute atomic E-state index is 0.106. The van der Waals surface area contributed by atoms with Gasteiger partial charge in [0.15, 0.2) is 0 Å². The molecule has 2 aliphatic rings. The van der Waals surface area contributed by atoms with E-state index in [1.54, 1.807) is 19.1 Å². The van der Waals surface area contributed by atoms with E-state index in [-0.39, 0.29) is 30.1 Å². The van der Waals surface area contributed by atoms with Crippen LogP contribution in [0.3, 0.4) is 0 Å². The highest BCUT2D eigenvalue weighted by atomic mass is 79.9. The Bertz CT molecular complexity index is 668. The van der Waals surface area contributed by atoms with E-state index < -0.39 is 6.04 Å². The lowest BCUT2D eigenvalue weighted by atomic mass is 9.95. The Morgan fingerprint density at radius 3 is 2.44 bits per heavy atom. The molecule has 0 bridgehead atoms. The molecule has 0 aromatic heterocycles. The van der Waals surface area contributed by atoms with Gasteiger partial charge in [-0.25, -0.2) is 4.90 Å². The van der Waals surface area contributed by atoms with Crippen LogP contribution in [0, 0.1) is 5.92 Å². The van der Waals surface area contributed by atoms with Crippen molar-refractivity contribution >= 4 is 39.4 Å². The van der Waals surface area contributed by atoms with Crippen LogP contribution in [-0.4, -0.2) is 48.4 Å². The highest BCUT2D eigenvalue weighted by Crippen LogP contribution is 2.29. The highest BCUT2D eigenvalue weighted by Gasteiger charge is 2.43. The number of benzene rings is 1. The number of halogens is 1. The number of hydrogen-bond acceptors (Lipinski definition) is 5. The fourth-order valence-electron chi connectivity index (χ4n) is 3.47. The molecule has 0 N–H and O–H groups in total. The number of nitrogens with zero attached hydrogens (tertiary/aromatic N) is 2. The van der Waals surface area contributed by atoms with Crippen molar-refractivity contribution in [1.82, 2.24) is 4.90 Å². The lowest BCUT2D eigenvalue weighted by molar-refractivity contribution is -0.149. The van der Waals surface area contributed by atoms with Crippen molar-refractivity contribution in [2.24, 2.45) is 5.92 Å². The molecule has 1 aromatic rings. The van der Waals surface area contributed by atoms with Crippen molar-refractivity contribution in [1.29, 1.82) is 0 Å². The summed E-state index contributed by atoms with van der Waals surface area (Å²) in [4.78, 5) is 40.3. The zero-order valence-electron chi connectivity index (χ0n) is 14.1. The van der Waals surface area contributed by atoms with Crippen LogP contribution in [0.5, 0.6) is 0 Å². The molecule has 2 fully saturated rings. The second-order valence-electron chi connectivity index (χ2n) is 6.33. The smallest absolute Gasteiger partial charge is 0.309 e. The Hall–Kier alpha value is -1.73. The highest BCUT2D eigenvalue weighted by molar-refractivity contribution is 9.10. The number of amides is 2. The minimum atomic E-state index is -0.431. The Morgan fingerprint density at radius 1 is 1.20 bits per heavy atom. The van der Waals surface area contributed by atoms with Gasteiger partial charge < -0.3 is 4.74 Å². The average molecular weight is 409 g/mol. The number of piperidine rings is 1. The number of anilines is 1. The molecule has 0 unspecified atom stereocenters. The maximum absolute atomic E-state index is 12.8. The Labute approximate surface area is 155 Å². The third kappa shape index (κ3) is 3.77. The minimum Gasteiger partial charge on any atom is -0.466 e. The molecule has 0 aliphatic carbocycles. The monoisotopic (exact) mass is 408 g/mol. The van der Waals surface area contributed by atoms with Crippen LogP contribution in [0.2, 0.25) is 0 Å². The average Bonchev–Trinajstić information content (AvgIpc) is 2.91. The first-order valence-electron chi connectivity index (χ1n) is 8.54. The number of imide groups is 1. The summed E-state index contributed by atoms with van der Waals surface area (Å²) < 4.78 is 5.97. The molecule has 0 radical (unpaired) electrons. The third-order valence-corrected chi connectivity index (χ3v) is 5.33. The molecule has 3 rings (SSSR count). The number of likely N-dealkylation sites (tertiary alicyclic amines) is 1. The van der Waals surface area contributed by atoms with Gasteiger partial charge in [-0.1, -0.05) is 15.9 Å². The predicted molar refractivity (Wildman–Crippen MR) is 96.0 cm³/mol. The maximum atomic E-state index is 12.8. The number of hydrogen-bond donors (Lipinski definition) is 0. The van der Waals surface area contributed by atoms with E-state index >= 15 is 0 Å². The number of rotatable bonds is 4. The number of carbonyl (C=O) groups is 3. The molecule has 7 heteroatoms. The van der Waals surface area contributed by atoms with E-state index in [1.165, 1.54) is 4.90 Å². The van der Waals surface area contributed by atoms with E-state index in [0.29, 0.717) is 38.2 Å². The van der Waals surface area contributed by atoms with E-state index in [1.807, 2.05) is 17.0 Å². The first kappa shape index (κ1) is 18.1. The van der Waals surface area contributed by atoms with Gasteiger partial charge in [-0.3, -0.25) is 19.3 Å². The molecule has 1 aromatic carbocycles. The van der Waals surface area contributed by atoms with E-state index in [0.717, 1.165) is 4.47 Å². The summed E-state index contributed by atoms with van der Waals surface area (Å²) in [6.45, 7) is 3.44. The SMILES string of the molecule is CCOC(=O)C1CCN([C@H]2CC(=O)N(c3ccc(Br)cc3)C2=O)CC1. The molecule has 0 saturated carbocycles. The molecule has 0 spiro atoms. The van der Waals surface area contributed by atoms with Crippen LogP contribution in [-0.2, 0) is 19.1 Å². The number of carbonyl (C=O) groups excluding carboxylic acids is 3. The van der Waals surface area contributed by atoms with Crippen LogP contribution in [0.1, 0.15) is 26.2 Å². The van der Waals surface area contributed by atoms with E-state index in [4.69, 9.17) is 4.74 Å². The van der Waals surface area contributed by atoms with Crippen LogP contribution in [0.4, 0.5) is 5.69 Å². The molecule has 134 valence electrons. The van der Waals surface area contributed by atoms with Crippen LogP contribution < -0.4 is 4.90 Å². The summed E-state index contributed by atoms with van der Waals surface area (Å²) in [5.41, 5.74) is 0.599. The second kappa shape index (κ2) is 7.66. The van der Waals surface area contributed by atoms with E-state index in [9.17, 15) is 14.4 Å². The molecule has 2 aliphatic heterocycles. The third-order valence-electron chi connectivity index (χ3n) is 4.80. The van der Waals surface area contributed by atoms with Gasteiger partial charge in [0, 0.05) is 4.47 Å². The van der Waals surface area contributed by atoms with Gasteiger partial charge in [-0.05, 0) is 57.1 Å². The molecule has 6 nitrogen and oxygen atoms in total. The lowest BCUT2D eigenvalue weighted by Gasteiger charge is -2.33. The zero-order valence-corrected chi connectivity index (χ0v) is 15.7.